The number of aryl methyl sites for hydroxylation is 1. The molecule has 28 heavy (non-hydrogen) atoms. The maximum Gasteiger partial charge on any atom is 0.222 e. The lowest BCUT2D eigenvalue weighted by atomic mass is 10.0. The van der Waals surface area contributed by atoms with E-state index < -0.39 is 9.84 Å². The number of hydrogen-bond donors (Lipinski definition) is 1. The summed E-state index contributed by atoms with van der Waals surface area (Å²) >= 11 is 0. The number of aromatic nitrogens is 1. The van der Waals surface area contributed by atoms with Crippen molar-refractivity contribution in [1.82, 2.24) is 4.98 Å². The van der Waals surface area contributed by atoms with Crippen LogP contribution in [0.15, 0.2) is 46.5 Å². The molecule has 4 nitrogen and oxygen atoms in total. The van der Waals surface area contributed by atoms with Crippen LogP contribution < -0.4 is 0 Å². The van der Waals surface area contributed by atoms with Crippen LogP contribution in [0.1, 0.15) is 87.1 Å². The summed E-state index contributed by atoms with van der Waals surface area (Å²) in [5, 5.41) is 0.119. The van der Waals surface area contributed by atoms with E-state index in [2.05, 4.69) is 11.9 Å². The zero-order valence-corrected chi connectivity index (χ0v) is 18.0. The minimum absolute atomic E-state index is 0.0863. The molecule has 2 rings (SSSR count). The topological polar surface area (TPSA) is 67.0 Å². The second-order valence-electron chi connectivity index (χ2n) is 7.54. The minimum Gasteiger partial charge on any atom is -0.352 e. The Morgan fingerprint density at radius 3 is 2.18 bits per heavy atom. The van der Waals surface area contributed by atoms with E-state index in [9.17, 15) is 13.2 Å². The molecule has 1 N–H and O–H groups in total. The van der Waals surface area contributed by atoms with Crippen LogP contribution in [0.3, 0.4) is 0 Å². The number of nitrogens with one attached hydrogen (secondary N) is 1. The molecule has 1 aromatic heterocycles. The highest BCUT2D eigenvalue weighted by Gasteiger charge is 2.25. The summed E-state index contributed by atoms with van der Waals surface area (Å²) in [6.45, 7) is 4.10. The highest BCUT2D eigenvalue weighted by atomic mass is 32.2. The predicted molar refractivity (Wildman–Crippen MR) is 114 cm³/mol. The molecule has 154 valence electrons. The second kappa shape index (κ2) is 11.2. The molecule has 1 aromatic carbocycles. The molecular weight excluding hydrogens is 370 g/mol. The summed E-state index contributed by atoms with van der Waals surface area (Å²) in [6.07, 6.45) is 12.6. The molecule has 0 saturated carbocycles. The van der Waals surface area contributed by atoms with Gasteiger partial charge in [0, 0.05) is 18.2 Å². The van der Waals surface area contributed by atoms with Gasteiger partial charge in [0.1, 0.15) is 5.03 Å². The molecule has 0 saturated heterocycles. The Hall–Kier alpha value is -1.88. The van der Waals surface area contributed by atoms with Gasteiger partial charge in [0.25, 0.3) is 0 Å². The first-order chi connectivity index (χ1) is 13.5. The average molecular weight is 404 g/mol. The fraction of sp³-hybridized carbons (Fsp3) is 0.522. The number of benzene rings is 1. The fourth-order valence-corrected chi connectivity index (χ4v) is 4.85. The van der Waals surface area contributed by atoms with Gasteiger partial charge in [-0.2, -0.15) is 0 Å². The van der Waals surface area contributed by atoms with Crippen LogP contribution in [0, 0.1) is 6.92 Å². The highest BCUT2D eigenvalue weighted by molar-refractivity contribution is 7.91. The van der Waals surface area contributed by atoms with Gasteiger partial charge in [-0.25, -0.2) is 8.42 Å². The highest BCUT2D eigenvalue weighted by Crippen LogP contribution is 2.26. The molecule has 5 heteroatoms. The van der Waals surface area contributed by atoms with Crippen molar-refractivity contribution in [2.24, 2.45) is 0 Å². The fourth-order valence-electron chi connectivity index (χ4n) is 3.43. The zero-order chi connectivity index (χ0) is 20.4. The Morgan fingerprint density at radius 1 is 0.929 bits per heavy atom. The maximum atomic E-state index is 12.9. The van der Waals surface area contributed by atoms with Crippen LogP contribution >= 0.6 is 0 Å². The van der Waals surface area contributed by atoms with E-state index >= 15 is 0 Å². The van der Waals surface area contributed by atoms with Crippen molar-refractivity contribution in [3.8, 4) is 0 Å². The normalized spacial score (nSPS) is 11.6. The van der Waals surface area contributed by atoms with Crippen molar-refractivity contribution >= 4 is 15.6 Å². The number of rotatable bonds is 13. The van der Waals surface area contributed by atoms with E-state index in [4.69, 9.17) is 0 Å². The molecular formula is C23H33NO3S. The lowest BCUT2D eigenvalue weighted by Gasteiger charge is -2.10. The number of ketones is 1. The van der Waals surface area contributed by atoms with Crippen molar-refractivity contribution in [1.29, 1.82) is 0 Å². The minimum atomic E-state index is -3.71. The number of unbranched alkanes of at least 4 members (excludes halogenated alkanes) is 8. The molecule has 0 radical (unpaired) electrons. The van der Waals surface area contributed by atoms with Gasteiger partial charge in [0.05, 0.1) is 4.90 Å². The smallest absolute Gasteiger partial charge is 0.222 e. The van der Waals surface area contributed by atoms with Crippen LogP contribution in [0.25, 0.3) is 0 Å². The molecule has 0 spiro atoms. The predicted octanol–water partition coefficient (Wildman–Crippen LogP) is 6.26. The molecule has 0 aliphatic carbocycles. The zero-order valence-electron chi connectivity index (χ0n) is 17.2. The van der Waals surface area contributed by atoms with Gasteiger partial charge in [-0.3, -0.25) is 4.79 Å². The Bertz CT molecular complexity index is 839. The average Bonchev–Trinajstić information content (AvgIpc) is 3.22. The third-order valence-electron chi connectivity index (χ3n) is 5.09. The first-order valence-electron chi connectivity index (χ1n) is 10.5. The lowest BCUT2D eigenvalue weighted by Crippen LogP contribution is -2.11. The summed E-state index contributed by atoms with van der Waals surface area (Å²) in [5.74, 6) is -0.0863. The third kappa shape index (κ3) is 6.33. The largest absolute Gasteiger partial charge is 0.352 e. The van der Waals surface area contributed by atoms with E-state index in [1.807, 2.05) is 6.92 Å². The summed E-state index contributed by atoms with van der Waals surface area (Å²) in [6, 6.07) is 8.15. The van der Waals surface area contributed by atoms with Gasteiger partial charge < -0.3 is 4.98 Å². The first-order valence-corrected chi connectivity index (χ1v) is 12.0. The molecule has 0 bridgehead atoms. The van der Waals surface area contributed by atoms with Gasteiger partial charge in [0.15, 0.2) is 5.78 Å². The Morgan fingerprint density at radius 2 is 1.57 bits per heavy atom. The molecule has 0 fully saturated rings. The molecule has 0 amide bonds. The van der Waals surface area contributed by atoms with Gasteiger partial charge in [0.2, 0.25) is 9.84 Å². The van der Waals surface area contributed by atoms with E-state index in [0.717, 1.165) is 24.8 Å². The number of hydrogen-bond acceptors (Lipinski definition) is 3. The Balaban J connectivity index is 1.92. The number of carbonyl (C=O) groups excluding carboxylic acids is 1. The SMILES string of the molecule is CCCCCCCCCCCC(=O)c1cc(C)ccc1S(=O)(=O)c1ccc[nH]1. The van der Waals surface area contributed by atoms with Gasteiger partial charge in [-0.05, 0) is 37.6 Å². The quantitative estimate of drug-likeness (QED) is 0.317. The number of carbonyl (C=O) groups is 1. The van der Waals surface area contributed by atoms with Crippen LogP contribution in [0.2, 0.25) is 0 Å². The standard InChI is InChI=1S/C23H33NO3S/c1-3-4-5-6-7-8-9-10-11-13-21(25)20-18-19(2)15-16-22(20)28(26,27)23-14-12-17-24-23/h12,14-18,24H,3-11,13H2,1-2H3. The van der Waals surface area contributed by atoms with Crippen LogP contribution in [0.5, 0.6) is 0 Å². The van der Waals surface area contributed by atoms with Crippen LogP contribution in [-0.4, -0.2) is 19.2 Å². The van der Waals surface area contributed by atoms with E-state index in [0.29, 0.717) is 12.0 Å². The van der Waals surface area contributed by atoms with Gasteiger partial charge >= 0.3 is 0 Å². The summed E-state index contributed by atoms with van der Waals surface area (Å²) in [7, 11) is -3.71. The van der Waals surface area contributed by atoms with Crippen molar-refractivity contribution < 1.29 is 13.2 Å². The molecule has 0 aliphatic heterocycles. The molecule has 0 atom stereocenters. The Kier molecular flexibility index (Phi) is 8.97. The molecule has 0 aliphatic rings. The van der Waals surface area contributed by atoms with Gasteiger partial charge in [-0.15, -0.1) is 0 Å². The van der Waals surface area contributed by atoms with Crippen molar-refractivity contribution in [3.63, 3.8) is 0 Å². The lowest BCUT2D eigenvalue weighted by molar-refractivity contribution is 0.0976. The summed E-state index contributed by atoms with van der Waals surface area (Å²) in [4.78, 5) is 15.6. The summed E-state index contributed by atoms with van der Waals surface area (Å²) < 4.78 is 25.7. The third-order valence-corrected chi connectivity index (χ3v) is 6.86. The van der Waals surface area contributed by atoms with E-state index in [-0.39, 0.29) is 15.7 Å². The van der Waals surface area contributed by atoms with Crippen molar-refractivity contribution in [3.05, 3.63) is 47.7 Å². The van der Waals surface area contributed by atoms with Crippen molar-refractivity contribution in [2.75, 3.05) is 0 Å². The van der Waals surface area contributed by atoms with Crippen molar-refractivity contribution in [2.45, 2.75) is 88.0 Å². The maximum absolute atomic E-state index is 12.9. The molecule has 1 heterocycles. The molecule has 2 aromatic rings. The van der Waals surface area contributed by atoms with Crippen LogP contribution in [0.4, 0.5) is 0 Å². The monoisotopic (exact) mass is 403 g/mol. The second-order valence-corrected chi connectivity index (χ2v) is 9.43. The number of sulfone groups is 1. The van der Waals surface area contributed by atoms with Crippen LogP contribution in [-0.2, 0) is 9.84 Å². The number of H-pyrrole nitrogens is 1. The number of Topliss-reactive ketones (excluding diaryl/α,β-unsaturated/α-hetero) is 1. The first kappa shape index (κ1) is 22.4. The summed E-state index contributed by atoms with van der Waals surface area (Å²) in [5.41, 5.74) is 1.20. The molecule has 0 unspecified atom stereocenters. The number of aromatic amines is 1. The van der Waals surface area contributed by atoms with Gasteiger partial charge in [-0.1, -0.05) is 69.9 Å². The van der Waals surface area contributed by atoms with E-state index in [1.165, 1.54) is 44.6 Å². The van der Waals surface area contributed by atoms with E-state index in [1.54, 1.807) is 30.5 Å². The Labute approximate surface area is 169 Å².